The summed E-state index contributed by atoms with van der Waals surface area (Å²) in [4.78, 5) is 17.5. The van der Waals surface area contributed by atoms with Gasteiger partial charge in [0, 0.05) is 24.7 Å². The number of piperidine rings is 1. The quantitative estimate of drug-likeness (QED) is 0.678. The molecule has 0 spiro atoms. The maximum absolute atomic E-state index is 12.9. The monoisotopic (exact) mass is 442 g/mol. The van der Waals surface area contributed by atoms with Crippen LogP contribution in [0.15, 0.2) is 34.2 Å². The summed E-state index contributed by atoms with van der Waals surface area (Å²) < 4.78 is 51.9. The van der Waals surface area contributed by atoms with Crippen molar-refractivity contribution in [2.24, 2.45) is 10.9 Å². The van der Waals surface area contributed by atoms with Crippen LogP contribution in [0.1, 0.15) is 32.3 Å². The van der Waals surface area contributed by atoms with Crippen molar-refractivity contribution in [2.45, 2.75) is 43.7 Å². The standard InChI is InChI=1S/C18H26N4O5S2/c1-12(2)16(18(23)19-13-7-6-10-22(11-13)28(3,24)25)20-17-14-8-4-5-9-15(14)29(26,27)21-17/h4-5,8-9,12-13,16H,6-7,10-11H2,1-3H3,(H,19,23)(H,20,21)/t13?,16-/m0/s1. The zero-order valence-corrected chi connectivity index (χ0v) is 18.3. The molecule has 11 heteroatoms. The van der Waals surface area contributed by atoms with Crippen LogP contribution in [0.5, 0.6) is 0 Å². The van der Waals surface area contributed by atoms with Crippen LogP contribution in [-0.2, 0) is 24.8 Å². The van der Waals surface area contributed by atoms with Gasteiger partial charge in [0.1, 0.15) is 11.9 Å². The number of carbonyl (C=O) groups is 1. The van der Waals surface area contributed by atoms with Crippen molar-refractivity contribution in [3.63, 3.8) is 0 Å². The summed E-state index contributed by atoms with van der Waals surface area (Å²) in [6.45, 7) is 4.32. The molecule has 0 aliphatic carbocycles. The molecule has 2 aliphatic rings. The molecule has 9 nitrogen and oxygen atoms in total. The van der Waals surface area contributed by atoms with Gasteiger partial charge >= 0.3 is 0 Å². The second-order valence-corrected chi connectivity index (χ2v) is 11.4. The van der Waals surface area contributed by atoms with Crippen LogP contribution in [0.3, 0.4) is 0 Å². The third-order valence-electron chi connectivity index (χ3n) is 5.03. The number of amidine groups is 1. The lowest BCUT2D eigenvalue weighted by Gasteiger charge is -2.32. The van der Waals surface area contributed by atoms with E-state index < -0.39 is 26.1 Å². The van der Waals surface area contributed by atoms with E-state index in [1.54, 1.807) is 18.2 Å². The molecular formula is C18H26N4O5S2. The molecule has 0 saturated carbocycles. The predicted octanol–water partition coefficient (Wildman–Crippen LogP) is 0.290. The average molecular weight is 443 g/mol. The van der Waals surface area contributed by atoms with Gasteiger partial charge in [0.25, 0.3) is 10.0 Å². The molecule has 0 aromatic heterocycles. The molecule has 29 heavy (non-hydrogen) atoms. The smallest absolute Gasteiger partial charge is 0.263 e. The molecule has 0 bridgehead atoms. The molecule has 1 amide bonds. The molecule has 3 rings (SSSR count). The van der Waals surface area contributed by atoms with E-state index in [-0.39, 0.29) is 35.1 Å². The van der Waals surface area contributed by atoms with Crippen molar-refractivity contribution in [3.8, 4) is 0 Å². The maximum Gasteiger partial charge on any atom is 0.263 e. The molecule has 1 fully saturated rings. The highest BCUT2D eigenvalue weighted by Gasteiger charge is 2.34. The Labute approximate surface area is 171 Å². The Morgan fingerprint density at radius 3 is 2.66 bits per heavy atom. The second kappa shape index (κ2) is 8.04. The number of nitrogens with zero attached hydrogens (tertiary/aromatic N) is 2. The van der Waals surface area contributed by atoms with Gasteiger partial charge in [-0.25, -0.2) is 21.1 Å². The van der Waals surface area contributed by atoms with E-state index in [1.165, 1.54) is 10.4 Å². The summed E-state index contributed by atoms with van der Waals surface area (Å²) in [5.74, 6) is -0.387. The molecule has 1 aromatic rings. The maximum atomic E-state index is 12.9. The van der Waals surface area contributed by atoms with Crippen LogP contribution < -0.4 is 10.0 Å². The lowest BCUT2D eigenvalue weighted by atomic mass is 10.0. The Morgan fingerprint density at radius 1 is 1.31 bits per heavy atom. The third-order valence-corrected chi connectivity index (χ3v) is 7.70. The van der Waals surface area contributed by atoms with Crippen LogP contribution in [0.4, 0.5) is 0 Å². The Kier molecular flexibility index (Phi) is 6.02. The van der Waals surface area contributed by atoms with Gasteiger partial charge in [0.15, 0.2) is 0 Å². The lowest BCUT2D eigenvalue weighted by molar-refractivity contribution is -0.124. The number of hydrogen-bond acceptors (Lipinski definition) is 6. The van der Waals surface area contributed by atoms with Crippen LogP contribution in [0, 0.1) is 5.92 Å². The van der Waals surface area contributed by atoms with Crippen LogP contribution in [0.2, 0.25) is 0 Å². The summed E-state index contributed by atoms with van der Waals surface area (Å²) in [5.41, 5.74) is 0.437. The highest BCUT2D eigenvalue weighted by molar-refractivity contribution is 7.90. The minimum Gasteiger partial charge on any atom is -0.350 e. The Hall–Kier alpha value is -1.98. The highest BCUT2D eigenvalue weighted by atomic mass is 32.2. The van der Waals surface area contributed by atoms with Crippen molar-refractivity contribution in [3.05, 3.63) is 29.8 Å². The summed E-state index contributed by atoms with van der Waals surface area (Å²) in [5, 5.41) is 2.89. The zero-order valence-electron chi connectivity index (χ0n) is 16.6. The van der Waals surface area contributed by atoms with Gasteiger partial charge in [-0.05, 0) is 30.9 Å². The largest absolute Gasteiger partial charge is 0.350 e. The van der Waals surface area contributed by atoms with E-state index in [1.807, 2.05) is 13.8 Å². The van der Waals surface area contributed by atoms with E-state index in [4.69, 9.17) is 0 Å². The number of fused-ring (bicyclic) bond motifs is 1. The van der Waals surface area contributed by atoms with Gasteiger partial charge in [-0.2, -0.15) is 0 Å². The van der Waals surface area contributed by atoms with Crippen molar-refractivity contribution in [1.82, 2.24) is 14.3 Å². The molecule has 2 atom stereocenters. The van der Waals surface area contributed by atoms with Crippen LogP contribution in [0.25, 0.3) is 0 Å². The van der Waals surface area contributed by atoms with Crippen LogP contribution >= 0.6 is 0 Å². The average Bonchev–Trinajstić information content (AvgIpc) is 2.89. The zero-order chi connectivity index (χ0) is 21.4. The number of nitrogens with one attached hydrogen (secondary N) is 2. The minimum absolute atomic E-state index is 0.137. The van der Waals surface area contributed by atoms with E-state index in [0.29, 0.717) is 24.9 Å². The molecule has 1 saturated heterocycles. The molecule has 2 N–H and O–H groups in total. The summed E-state index contributed by atoms with van der Waals surface area (Å²) in [6.07, 6.45) is 2.49. The van der Waals surface area contributed by atoms with Gasteiger partial charge in [0.05, 0.1) is 11.2 Å². The van der Waals surface area contributed by atoms with E-state index in [9.17, 15) is 21.6 Å². The van der Waals surface area contributed by atoms with Crippen molar-refractivity contribution in [2.75, 3.05) is 19.3 Å². The fraction of sp³-hybridized carbons (Fsp3) is 0.556. The first-order valence-corrected chi connectivity index (χ1v) is 12.8. The molecule has 1 unspecified atom stereocenters. The van der Waals surface area contributed by atoms with E-state index in [2.05, 4.69) is 15.0 Å². The molecular weight excluding hydrogens is 416 g/mol. The molecule has 160 valence electrons. The Bertz CT molecular complexity index is 1030. The van der Waals surface area contributed by atoms with Crippen LogP contribution in [-0.4, -0.2) is 64.3 Å². The second-order valence-electron chi connectivity index (χ2n) is 7.74. The Balaban J connectivity index is 1.81. The number of rotatable bonds is 5. The van der Waals surface area contributed by atoms with Crippen molar-refractivity contribution < 1.29 is 21.6 Å². The fourth-order valence-corrected chi connectivity index (χ4v) is 5.68. The lowest BCUT2D eigenvalue weighted by Crippen LogP contribution is -2.52. The third kappa shape index (κ3) is 4.78. The van der Waals surface area contributed by atoms with Gasteiger partial charge in [-0.1, -0.05) is 26.0 Å². The molecule has 2 heterocycles. The number of carbonyl (C=O) groups excluding carboxylic acids is 1. The van der Waals surface area contributed by atoms with Crippen molar-refractivity contribution >= 4 is 31.8 Å². The number of benzene rings is 1. The van der Waals surface area contributed by atoms with Gasteiger partial charge in [0.2, 0.25) is 15.9 Å². The van der Waals surface area contributed by atoms with E-state index in [0.717, 1.165) is 6.26 Å². The van der Waals surface area contributed by atoms with E-state index >= 15 is 0 Å². The first-order valence-electron chi connectivity index (χ1n) is 9.44. The van der Waals surface area contributed by atoms with Gasteiger partial charge in [-0.15, -0.1) is 0 Å². The first-order chi connectivity index (χ1) is 13.5. The summed E-state index contributed by atoms with van der Waals surface area (Å²) in [6, 6.07) is 5.36. The van der Waals surface area contributed by atoms with Crippen molar-refractivity contribution in [1.29, 1.82) is 0 Å². The van der Waals surface area contributed by atoms with Gasteiger partial charge in [-0.3, -0.25) is 14.5 Å². The number of hydrogen-bond donors (Lipinski definition) is 2. The molecule has 0 radical (unpaired) electrons. The fourth-order valence-electron chi connectivity index (χ4n) is 3.53. The Morgan fingerprint density at radius 2 is 2.00 bits per heavy atom. The van der Waals surface area contributed by atoms with Gasteiger partial charge < -0.3 is 5.32 Å². The summed E-state index contributed by atoms with van der Waals surface area (Å²) in [7, 11) is -7.01. The summed E-state index contributed by atoms with van der Waals surface area (Å²) >= 11 is 0. The number of amides is 1. The normalized spacial score (nSPS) is 24.1. The predicted molar refractivity (Wildman–Crippen MR) is 110 cm³/mol. The topological polar surface area (TPSA) is 125 Å². The first kappa shape index (κ1) is 21.7. The minimum atomic E-state index is -3.69. The number of aliphatic imine (C=N–C) groups is 1. The number of sulfonamides is 2. The highest BCUT2D eigenvalue weighted by Crippen LogP contribution is 2.23. The molecule has 1 aromatic carbocycles. The SMILES string of the molecule is CC(C)[C@H](N=C1NS(=O)(=O)c2ccccc21)C(=O)NC1CCCN(S(C)(=O)=O)C1. The molecule has 2 aliphatic heterocycles.